The first-order valence-electron chi connectivity index (χ1n) is 13.3. The maximum absolute atomic E-state index is 13.0. The molecule has 0 radical (unpaired) electrons. The maximum Gasteiger partial charge on any atom is 0.194 e. The van der Waals surface area contributed by atoms with Crippen molar-refractivity contribution in [1.82, 2.24) is 9.80 Å². The Morgan fingerprint density at radius 2 is 1.09 bits per heavy atom. The van der Waals surface area contributed by atoms with Gasteiger partial charge in [-0.3, -0.25) is 4.79 Å². The monoisotopic (exact) mass is 462 g/mol. The van der Waals surface area contributed by atoms with Gasteiger partial charge in [-0.05, 0) is 112 Å². The topological polar surface area (TPSA) is 42.0 Å². The van der Waals surface area contributed by atoms with E-state index in [1.807, 2.05) is 36.4 Å². The summed E-state index contributed by atoms with van der Waals surface area (Å²) in [5, 5.41) is 0. The molecule has 0 N–H and O–H groups in total. The smallest absolute Gasteiger partial charge is 0.194 e. The predicted molar refractivity (Wildman–Crippen MR) is 136 cm³/mol. The molecule has 34 heavy (non-hydrogen) atoms. The van der Waals surface area contributed by atoms with Gasteiger partial charge in [0.1, 0.15) is 11.5 Å². The van der Waals surface area contributed by atoms with Gasteiger partial charge in [0.25, 0.3) is 0 Å². The molecule has 2 aliphatic heterocycles. The molecular formula is C29H38N2O3. The van der Waals surface area contributed by atoms with Crippen molar-refractivity contribution in [1.29, 1.82) is 0 Å². The second-order valence-corrected chi connectivity index (χ2v) is 9.95. The van der Waals surface area contributed by atoms with Crippen LogP contribution in [-0.2, 0) is 0 Å². The summed E-state index contributed by atoms with van der Waals surface area (Å²) < 4.78 is 12.0. The van der Waals surface area contributed by atoms with Gasteiger partial charge >= 0.3 is 0 Å². The molecular weight excluding hydrogens is 424 g/mol. The molecule has 0 atom stereocenters. The highest BCUT2D eigenvalue weighted by atomic mass is 16.5. The quantitative estimate of drug-likeness (QED) is 0.377. The van der Waals surface area contributed by atoms with Crippen LogP contribution in [0.25, 0.3) is 11.1 Å². The molecule has 2 saturated heterocycles. The van der Waals surface area contributed by atoms with E-state index in [4.69, 9.17) is 9.47 Å². The van der Waals surface area contributed by atoms with Gasteiger partial charge in [0.2, 0.25) is 0 Å². The first-order valence-corrected chi connectivity index (χ1v) is 13.3. The molecule has 0 amide bonds. The van der Waals surface area contributed by atoms with E-state index in [9.17, 15) is 4.79 Å². The molecule has 0 bridgehead atoms. The number of likely N-dealkylation sites (tertiary alicyclic amines) is 2. The van der Waals surface area contributed by atoms with Gasteiger partial charge < -0.3 is 19.3 Å². The van der Waals surface area contributed by atoms with Crippen molar-refractivity contribution in [2.45, 2.75) is 51.4 Å². The van der Waals surface area contributed by atoms with Crippen LogP contribution in [0.4, 0.5) is 0 Å². The largest absolute Gasteiger partial charge is 0.494 e. The van der Waals surface area contributed by atoms with Crippen molar-refractivity contribution in [3.63, 3.8) is 0 Å². The van der Waals surface area contributed by atoms with Gasteiger partial charge in [0.15, 0.2) is 5.78 Å². The summed E-state index contributed by atoms with van der Waals surface area (Å²) in [7, 11) is 0. The van der Waals surface area contributed by atoms with Crippen LogP contribution in [0.3, 0.4) is 0 Å². The Morgan fingerprint density at radius 3 is 1.65 bits per heavy atom. The van der Waals surface area contributed by atoms with Crippen LogP contribution in [0, 0.1) is 0 Å². The van der Waals surface area contributed by atoms with Crippen LogP contribution in [0.5, 0.6) is 11.5 Å². The van der Waals surface area contributed by atoms with E-state index in [1.165, 1.54) is 64.7 Å². The minimum atomic E-state index is 0.0837. The summed E-state index contributed by atoms with van der Waals surface area (Å²) in [6.07, 6.45) is 10.1. The van der Waals surface area contributed by atoms with Crippen LogP contribution >= 0.6 is 0 Å². The lowest BCUT2D eigenvalue weighted by Crippen LogP contribution is -2.31. The summed E-state index contributed by atoms with van der Waals surface area (Å²) in [4.78, 5) is 18.1. The molecule has 5 nitrogen and oxygen atoms in total. The number of piperidine rings is 2. The first-order chi connectivity index (χ1) is 16.8. The van der Waals surface area contributed by atoms with Crippen LogP contribution in [0.2, 0.25) is 0 Å². The Hall–Kier alpha value is -2.37. The van der Waals surface area contributed by atoms with Crippen LogP contribution < -0.4 is 9.47 Å². The average molecular weight is 463 g/mol. The fraction of sp³-hybridized carbons (Fsp3) is 0.552. The van der Waals surface area contributed by atoms with Crippen molar-refractivity contribution in [3.05, 3.63) is 47.5 Å². The van der Waals surface area contributed by atoms with Gasteiger partial charge in [-0.25, -0.2) is 0 Å². The van der Waals surface area contributed by atoms with Gasteiger partial charge in [0, 0.05) is 24.2 Å². The molecule has 0 saturated carbocycles. The number of fused-ring (bicyclic) bond motifs is 3. The zero-order chi connectivity index (χ0) is 23.2. The number of nitrogens with zero attached hydrogens (tertiary/aromatic N) is 2. The maximum atomic E-state index is 13.0. The Labute approximate surface area is 204 Å². The Bertz CT molecular complexity index is 977. The molecule has 1 aliphatic carbocycles. The second kappa shape index (κ2) is 11.4. The SMILES string of the molecule is O=C1c2cc(OCCCN3CCCCC3)ccc2-c2cc(OCCCN3CCCCC3)ccc21. The zero-order valence-corrected chi connectivity index (χ0v) is 20.4. The Balaban J connectivity index is 1.14. The molecule has 2 fully saturated rings. The number of carbonyl (C=O) groups is 1. The minimum Gasteiger partial charge on any atom is -0.494 e. The van der Waals surface area contributed by atoms with E-state index < -0.39 is 0 Å². The molecule has 2 aromatic carbocycles. The van der Waals surface area contributed by atoms with E-state index in [-0.39, 0.29) is 5.78 Å². The van der Waals surface area contributed by atoms with Gasteiger partial charge in [-0.2, -0.15) is 0 Å². The number of benzene rings is 2. The third-order valence-electron chi connectivity index (χ3n) is 7.43. The van der Waals surface area contributed by atoms with Crippen molar-refractivity contribution in [2.75, 3.05) is 52.5 Å². The highest BCUT2D eigenvalue weighted by Gasteiger charge is 2.27. The van der Waals surface area contributed by atoms with E-state index in [2.05, 4.69) is 9.80 Å². The third kappa shape index (κ3) is 5.64. The van der Waals surface area contributed by atoms with Gasteiger partial charge in [0.05, 0.1) is 13.2 Å². The number of hydrogen-bond acceptors (Lipinski definition) is 5. The summed E-state index contributed by atoms with van der Waals surface area (Å²) in [5.74, 6) is 1.71. The summed E-state index contributed by atoms with van der Waals surface area (Å²) >= 11 is 0. The second-order valence-electron chi connectivity index (χ2n) is 9.95. The standard InChI is InChI=1S/C29H38N2O3/c32-29-26-12-10-23(33-19-7-17-30-13-3-1-4-14-30)21-27(26)25-11-9-24(22-28(25)29)34-20-8-18-31-15-5-2-6-16-31/h9-12,21-22H,1-8,13-20H2. The Kier molecular flexibility index (Phi) is 7.82. The lowest BCUT2D eigenvalue weighted by Gasteiger charge is -2.26. The fourth-order valence-corrected chi connectivity index (χ4v) is 5.54. The molecule has 0 spiro atoms. The van der Waals surface area contributed by atoms with Gasteiger partial charge in [-0.15, -0.1) is 0 Å². The molecule has 0 aromatic heterocycles. The lowest BCUT2D eigenvalue weighted by molar-refractivity contribution is 0.104. The molecule has 182 valence electrons. The number of ether oxygens (including phenoxy) is 2. The van der Waals surface area contributed by atoms with Gasteiger partial charge in [-0.1, -0.05) is 12.8 Å². The van der Waals surface area contributed by atoms with Crippen LogP contribution in [0.1, 0.15) is 67.3 Å². The summed E-state index contributed by atoms with van der Waals surface area (Å²) in [6, 6.07) is 11.8. The molecule has 5 heteroatoms. The van der Waals surface area contributed by atoms with E-state index in [1.54, 1.807) is 0 Å². The van der Waals surface area contributed by atoms with Crippen molar-refractivity contribution in [3.8, 4) is 22.6 Å². The first kappa shape index (κ1) is 23.4. The molecule has 5 rings (SSSR count). The molecule has 2 heterocycles. The average Bonchev–Trinajstić information content (AvgIpc) is 3.16. The number of rotatable bonds is 10. The van der Waals surface area contributed by atoms with Crippen LogP contribution in [0.15, 0.2) is 36.4 Å². The van der Waals surface area contributed by atoms with Crippen molar-refractivity contribution < 1.29 is 14.3 Å². The molecule has 2 aromatic rings. The summed E-state index contributed by atoms with van der Waals surface area (Å²) in [6.45, 7) is 8.48. The number of hydrogen-bond donors (Lipinski definition) is 0. The highest BCUT2D eigenvalue weighted by Crippen LogP contribution is 2.40. The third-order valence-corrected chi connectivity index (χ3v) is 7.43. The number of carbonyl (C=O) groups excluding carboxylic acids is 1. The Morgan fingerprint density at radius 1 is 0.588 bits per heavy atom. The lowest BCUT2D eigenvalue weighted by atomic mass is 10.1. The fourth-order valence-electron chi connectivity index (χ4n) is 5.54. The minimum absolute atomic E-state index is 0.0837. The van der Waals surface area contributed by atoms with Crippen molar-refractivity contribution >= 4 is 5.78 Å². The molecule has 0 unspecified atom stereocenters. The summed E-state index contributed by atoms with van der Waals surface area (Å²) in [5.41, 5.74) is 3.47. The van der Waals surface area contributed by atoms with Crippen LogP contribution in [-0.4, -0.2) is 68.1 Å². The molecule has 3 aliphatic rings. The highest BCUT2D eigenvalue weighted by molar-refractivity contribution is 6.22. The van der Waals surface area contributed by atoms with E-state index in [0.717, 1.165) is 59.7 Å². The van der Waals surface area contributed by atoms with Crippen molar-refractivity contribution in [2.24, 2.45) is 0 Å². The normalized spacial score (nSPS) is 18.5. The number of ketones is 1. The van der Waals surface area contributed by atoms with E-state index in [0.29, 0.717) is 13.2 Å². The zero-order valence-electron chi connectivity index (χ0n) is 20.4. The van der Waals surface area contributed by atoms with E-state index >= 15 is 0 Å². The predicted octanol–water partition coefficient (Wildman–Crippen LogP) is 5.41.